The summed E-state index contributed by atoms with van der Waals surface area (Å²) in [6.07, 6.45) is 0.901. The summed E-state index contributed by atoms with van der Waals surface area (Å²) in [6, 6.07) is 4.11. The van der Waals surface area contributed by atoms with E-state index in [9.17, 15) is 9.18 Å². The molecule has 0 radical (unpaired) electrons. The highest BCUT2D eigenvalue weighted by Gasteiger charge is 2.02. The Hall–Kier alpha value is -1.38. The molecular formula is C9H9FO2. The molecule has 0 saturated heterocycles. The average molecular weight is 168 g/mol. The van der Waals surface area contributed by atoms with Gasteiger partial charge in [0, 0.05) is 12.0 Å². The standard InChI is InChI=1S/C9H9FO2/c1-12-9-3-2-8(10)6-7(9)4-5-11/h2-3,5-6H,4H2,1H3. The van der Waals surface area contributed by atoms with Gasteiger partial charge in [-0.25, -0.2) is 4.39 Å². The topological polar surface area (TPSA) is 26.3 Å². The molecule has 1 aromatic carbocycles. The summed E-state index contributed by atoms with van der Waals surface area (Å²) in [6.45, 7) is 0. The van der Waals surface area contributed by atoms with Crippen molar-refractivity contribution in [1.82, 2.24) is 0 Å². The Morgan fingerprint density at radius 2 is 2.33 bits per heavy atom. The second-order valence-corrected chi connectivity index (χ2v) is 2.33. The maximum absolute atomic E-state index is 12.6. The first-order valence-electron chi connectivity index (χ1n) is 3.54. The van der Waals surface area contributed by atoms with Gasteiger partial charge in [-0.15, -0.1) is 0 Å². The second kappa shape index (κ2) is 3.85. The van der Waals surface area contributed by atoms with E-state index >= 15 is 0 Å². The summed E-state index contributed by atoms with van der Waals surface area (Å²) in [5.41, 5.74) is 0.576. The lowest BCUT2D eigenvalue weighted by atomic mass is 10.1. The third-order valence-corrected chi connectivity index (χ3v) is 1.55. The molecule has 0 heterocycles. The third kappa shape index (κ3) is 1.81. The fourth-order valence-corrected chi connectivity index (χ4v) is 0.996. The van der Waals surface area contributed by atoms with E-state index in [4.69, 9.17) is 4.74 Å². The first kappa shape index (κ1) is 8.71. The highest BCUT2D eigenvalue weighted by atomic mass is 19.1. The van der Waals surface area contributed by atoms with E-state index in [2.05, 4.69) is 0 Å². The fourth-order valence-electron chi connectivity index (χ4n) is 0.996. The highest BCUT2D eigenvalue weighted by molar-refractivity contribution is 5.57. The Morgan fingerprint density at radius 1 is 1.58 bits per heavy atom. The summed E-state index contributed by atoms with van der Waals surface area (Å²) >= 11 is 0. The van der Waals surface area contributed by atoms with E-state index in [1.807, 2.05) is 0 Å². The van der Waals surface area contributed by atoms with E-state index in [1.54, 1.807) is 0 Å². The van der Waals surface area contributed by atoms with E-state index in [1.165, 1.54) is 25.3 Å². The third-order valence-electron chi connectivity index (χ3n) is 1.55. The maximum Gasteiger partial charge on any atom is 0.124 e. The van der Waals surface area contributed by atoms with E-state index in [0.29, 0.717) is 11.3 Å². The van der Waals surface area contributed by atoms with Crippen LogP contribution in [0.5, 0.6) is 5.75 Å². The van der Waals surface area contributed by atoms with Gasteiger partial charge < -0.3 is 9.53 Å². The van der Waals surface area contributed by atoms with Crippen molar-refractivity contribution < 1.29 is 13.9 Å². The molecular weight excluding hydrogens is 159 g/mol. The predicted octanol–water partition coefficient (Wildman–Crippen LogP) is 1.58. The van der Waals surface area contributed by atoms with Crippen LogP contribution in [0.3, 0.4) is 0 Å². The number of carbonyl (C=O) groups is 1. The van der Waals surface area contributed by atoms with Gasteiger partial charge >= 0.3 is 0 Å². The quantitative estimate of drug-likeness (QED) is 0.640. The monoisotopic (exact) mass is 168 g/mol. The Morgan fingerprint density at radius 3 is 2.92 bits per heavy atom. The Kier molecular flexibility index (Phi) is 2.80. The molecule has 1 rings (SSSR count). The molecule has 0 saturated carbocycles. The molecule has 0 unspecified atom stereocenters. The van der Waals surface area contributed by atoms with Crippen LogP contribution in [0.2, 0.25) is 0 Å². The molecule has 0 amide bonds. The minimum atomic E-state index is -0.354. The van der Waals surface area contributed by atoms with Crippen LogP contribution in [0.15, 0.2) is 18.2 Å². The van der Waals surface area contributed by atoms with Crippen LogP contribution in [0.4, 0.5) is 4.39 Å². The maximum atomic E-state index is 12.6. The Labute approximate surface area is 70.0 Å². The van der Waals surface area contributed by atoms with E-state index in [0.717, 1.165) is 6.29 Å². The van der Waals surface area contributed by atoms with Gasteiger partial charge in [0.15, 0.2) is 0 Å². The van der Waals surface area contributed by atoms with Gasteiger partial charge in [-0.05, 0) is 18.2 Å². The van der Waals surface area contributed by atoms with Crippen LogP contribution >= 0.6 is 0 Å². The van der Waals surface area contributed by atoms with Gasteiger partial charge in [0.1, 0.15) is 17.9 Å². The minimum Gasteiger partial charge on any atom is -0.496 e. The molecule has 0 N–H and O–H groups in total. The minimum absolute atomic E-state index is 0.181. The number of hydrogen-bond donors (Lipinski definition) is 0. The van der Waals surface area contributed by atoms with Gasteiger partial charge in [-0.2, -0.15) is 0 Å². The van der Waals surface area contributed by atoms with Crippen LogP contribution in [-0.2, 0) is 11.2 Å². The largest absolute Gasteiger partial charge is 0.496 e. The summed E-state index contributed by atoms with van der Waals surface area (Å²) < 4.78 is 17.6. The van der Waals surface area contributed by atoms with Crippen LogP contribution in [-0.4, -0.2) is 13.4 Å². The van der Waals surface area contributed by atoms with Crippen LogP contribution < -0.4 is 4.74 Å². The van der Waals surface area contributed by atoms with Gasteiger partial charge in [0.25, 0.3) is 0 Å². The van der Waals surface area contributed by atoms with Crippen molar-refractivity contribution in [3.63, 3.8) is 0 Å². The van der Waals surface area contributed by atoms with Gasteiger partial charge in [-0.3, -0.25) is 0 Å². The van der Waals surface area contributed by atoms with Crippen molar-refractivity contribution in [3.8, 4) is 5.75 Å². The number of ether oxygens (including phenoxy) is 1. The average Bonchev–Trinajstić information content (AvgIpc) is 2.05. The zero-order chi connectivity index (χ0) is 8.97. The number of halogens is 1. The number of aldehydes is 1. The molecule has 0 spiro atoms. The number of methoxy groups -OCH3 is 1. The molecule has 2 nitrogen and oxygen atoms in total. The van der Waals surface area contributed by atoms with Crippen molar-refractivity contribution in [2.75, 3.05) is 7.11 Å². The van der Waals surface area contributed by atoms with Gasteiger partial charge in [0.05, 0.1) is 7.11 Å². The van der Waals surface area contributed by atoms with Gasteiger partial charge in [0.2, 0.25) is 0 Å². The van der Waals surface area contributed by atoms with E-state index < -0.39 is 0 Å². The molecule has 0 aliphatic rings. The molecule has 0 aromatic heterocycles. The van der Waals surface area contributed by atoms with Crippen LogP contribution in [0.25, 0.3) is 0 Å². The van der Waals surface area contributed by atoms with Gasteiger partial charge in [-0.1, -0.05) is 0 Å². The fraction of sp³-hybridized carbons (Fsp3) is 0.222. The zero-order valence-electron chi connectivity index (χ0n) is 6.71. The lowest BCUT2D eigenvalue weighted by Gasteiger charge is -2.04. The number of carbonyl (C=O) groups excluding carboxylic acids is 1. The normalized spacial score (nSPS) is 9.50. The highest BCUT2D eigenvalue weighted by Crippen LogP contribution is 2.18. The summed E-state index contributed by atoms with van der Waals surface area (Å²) in [4.78, 5) is 10.2. The van der Waals surface area contributed by atoms with E-state index in [-0.39, 0.29) is 12.2 Å². The molecule has 3 heteroatoms. The Bertz CT molecular complexity index is 284. The first-order chi connectivity index (χ1) is 5.77. The lowest BCUT2D eigenvalue weighted by Crippen LogP contribution is -1.93. The van der Waals surface area contributed by atoms with Crippen molar-refractivity contribution in [2.45, 2.75) is 6.42 Å². The van der Waals surface area contributed by atoms with Crippen LogP contribution in [0, 0.1) is 5.82 Å². The molecule has 0 fully saturated rings. The number of hydrogen-bond acceptors (Lipinski definition) is 2. The molecule has 12 heavy (non-hydrogen) atoms. The SMILES string of the molecule is COc1ccc(F)cc1CC=O. The number of rotatable bonds is 3. The van der Waals surface area contributed by atoms with Crippen molar-refractivity contribution in [3.05, 3.63) is 29.6 Å². The summed E-state index contributed by atoms with van der Waals surface area (Å²) in [5, 5.41) is 0. The first-order valence-corrected chi connectivity index (χ1v) is 3.54. The predicted molar refractivity (Wildman–Crippen MR) is 42.7 cm³/mol. The molecule has 1 aromatic rings. The summed E-state index contributed by atoms with van der Waals surface area (Å²) in [7, 11) is 1.49. The van der Waals surface area contributed by atoms with Crippen molar-refractivity contribution in [2.24, 2.45) is 0 Å². The molecule has 0 bridgehead atoms. The molecule has 64 valence electrons. The second-order valence-electron chi connectivity index (χ2n) is 2.33. The lowest BCUT2D eigenvalue weighted by molar-refractivity contribution is -0.107. The van der Waals surface area contributed by atoms with Crippen molar-refractivity contribution >= 4 is 6.29 Å². The zero-order valence-corrected chi connectivity index (χ0v) is 6.71. The van der Waals surface area contributed by atoms with Crippen LogP contribution in [0.1, 0.15) is 5.56 Å². The molecule has 0 aliphatic carbocycles. The van der Waals surface area contributed by atoms with Crippen molar-refractivity contribution in [1.29, 1.82) is 0 Å². The molecule has 0 atom stereocenters. The number of benzene rings is 1. The smallest absolute Gasteiger partial charge is 0.124 e. The summed E-state index contributed by atoms with van der Waals surface area (Å²) in [5.74, 6) is 0.191. The molecule has 0 aliphatic heterocycles. The Balaban J connectivity index is 3.03.